The molecular weight excluding hydrogens is 456 g/mol. The summed E-state index contributed by atoms with van der Waals surface area (Å²) in [4.78, 5) is 16.5. The van der Waals surface area contributed by atoms with Gasteiger partial charge in [-0.05, 0) is 64.7 Å². The van der Waals surface area contributed by atoms with E-state index in [4.69, 9.17) is 19.8 Å². The molecule has 2 N–H and O–H groups in total. The molecule has 1 aromatic carbocycles. The molecule has 1 saturated heterocycles. The molecular formula is C26H34N8O2. The minimum absolute atomic E-state index is 0.0386. The van der Waals surface area contributed by atoms with Gasteiger partial charge in [0.1, 0.15) is 17.9 Å². The highest BCUT2D eigenvalue weighted by atomic mass is 16.5. The van der Waals surface area contributed by atoms with E-state index in [1.165, 1.54) is 0 Å². The van der Waals surface area contributed by atoms with E-state index in [9.17, 15) is 5.11 Å². The number of ether oxygens (including phenoxy) is 1. The van der Waals surface area contributed by atoms with Gasteiger partial charge in [0, 0.05) is 18.7 Å². The van der Waals surface area contributed by atoms with E-state index in [1.807, 2.05) is 28.4 Å². The van der Waals surface area contributed by atoms with Crippen LogP contribution >= 0.6 is 0 Å². The maximum Gasteiger partial charge on any atom is 0.232 e. The van der Waals surface area contributed by atoms with Crippen LogP contribution in [-0.4, -0.2) is 60.7 Å². The fourth-order valence-electron chi connectivity index (χ4n) is 4.93. The van der Waals surface area contributed by atoms with Crippen molar-refractivity contribution in [3.63, 3.8) is 0 Å². The summed E-state index contributed by atoms with van der Waals surface area (Å²) in [6.07, 6.45) is 5.62. The van der Waals surface area contributed by atoms with Crippen LogP contribution in [0, 0.1) is 20.8 Å². The number of rotatable bonds is 7. The van der Waals surface area contributed by atoms with Crippen LogP contribution in [0.2, 0.25) is 0 Å². The van der Waals surface area contributed by atoms with E-state index < -0.39 is 0 Å². The molecule has 4 heterocycles. The average molecular weight is 491 g/mol. The van der Waals surface area contributed by atoms with Gasteiger partial charge in [0.25, 0.3) is 0 Å². The summed E-state index contributed by atoms with van der Waals surface area (Å²) in [7, 11) is 1.68. The second-order valence-corrected chi connectivity index (χ2v) is 9.75. The summed E-state index contributed by atoms with van der Waals surface area (Å²) < 4.78 is 9.42. The Labute approximate surface area is 211 Å². The molecule has 0 amide bonds. The van der Waals surface area contributed by atoms with Crippen molar-refractivity contribution in [2.75, 3.05) is 30.5 Å². The number of hydrogen-bond acceptors (Lipinski definition) is 8. The molecule has 0 aliphatic carbocycles. The molecule has 3 aromatic heterocycles. The Bertz CT molecular complexity index is 1410. The van der Waals surface area contributed by atoms with Gasteiger partial charge in [-0.2, -0.15) is 15.1 Å². The van der Waals surface area contributed by atoms with E-state index >= 15 is 0 Å². The summed E-state index contributed by atoms with van der Waals surface area (Å²) in [5.74, 6) is 2.73. The molecule has 1 aliphatic heterocycles. The van der Waals surface area contributed by atoms with E-state index in [-0.39, 0.29) is 18.7 Å². The van der Waals surface area contributed by atoms with Crippen LogP contribution in [-0.2, 0) is 0 Å². The van der Waals surface area contributed by atoms with Gasteiger partial charge in [-0.25, -0.2) is 9.67 Å². The number of nitrogens with zero attached hydrogens (tertiary/aromatic N) is 7. The van der Waals surface area contributed by atoms with E-state index in [0.717, 1.165) is 64.5 Å². The monoisotopic (exact) mass is 490 g/mol. The number of methoxy groups -OCH3 is 1. The van der Waals surface area contributed by atoms with Gasteiger partial charge < -0.3 is 24.6 Å². The fourth-order valence-corrected chi connectivity index (χ4v) is 4.93. The third-order valence-electron chi connectivity index (χ3n) is 7.00. The van der Waals surface area contributed by atoms with Crippen LogP contribution in [0.1, 0.15) is 49.6 Å². The highest BCUT2D eigenvalue weighted by Gasteiger charge is 2.29. The number of imidazole rings is 1. The number of nitrogens with one attached hydrogen (secondary N) is 1. The maximum atomic E-state index is 9.98. The highest BCUT2D eigenvalue weighted by molar-refractivity contribution is 5.91. The maximum absolute atomic E-state index is 9.98. The summed E-state index contributed by atoms with van der Waals surface area (Å²) in [6.45, 7) is 11.2. The molecule has 0 spiro atoms. The summed E-state index contributed by atoms with van der Waals surface area (Å²) in [5, 5.41) is 19.0. The van der Waals surface area contributed by atoms with Crippen molar-refractivity contribution < 1.29 is 9.84 Å². The number of benzene rings is 1. The van der Waals surface area contributed by atoms with Crippen LogP contribution in [0.3, 0.4) is 0 Å². The second-order valence-electron chi connectivity index (χ2n) is 9.75. The number of aliphatic hydroxyl groups is 1. The highest BCUT2D eigenvalue weighted by Crippen LogP contribution is 2.34. The van der Waals surface area contributed by atoms with E-state index in [1.54, 1.807) is 13.4 Å². The molecule has 190 valence electrons. The van der Waals surface area contributed by atoms with Crippen molar-refractivity contribution in [2.24, 2.45) is 0 Å². The molecule has 1 atom stereocenters. The van der Waals surface area contributed by atoms with Crippen LogP contribution in [0.5, 0.6) is 5.75 Å². The smallest absolute Gasteiger partial charge is 0.232 e. The number of fused-ring (bicyclic) bond motifs is 1. The van der Waals surface area contributed by atoms with Crippen molar-refractivity contribution in [3.8, 4) is 11.4 Å². The molecule has 0 bridgehead atoms. The van der Waals surface area contributed by atoms with Crippen molar-refractivity contribution in [2.45, 2.75) is 59.5 Å². The molecule has 10 heteroatoms. The number of anilines is 3. The summed E-state index contributed by atoms with van der Waals surface area (Å²) in [6, 6.07) is 4.29. The van der Waals surface area contributed by atoms with Gasteiger partial charge in [-0.15, -0.1) is 0 Å². The molecule has 0 radical (unpaired) electrons. The van der Waals surface area contributed by atoms with Crippen molar-refractivity contribution in [1.82, 2.24) is 29.3 Å². The topological polar surface area (TPSA) is 106 Å². The fraction of sp³-hybridized carbons (Fsp3) is 0.462. The molecule has 0 unspecified atom stereocenters. The molecule has 4 aromatic rings. The van der Waals surface area contributed by atoms with Gasteiger partial charge in [-0.3, -0.25) is 0 Å². The Kier molecular flexibility index (Phi) is 6.29. The first-order chi connectivity index (χ1) is 17.3. The molecule has 1 fully saturated rings. The first-order valence-corrected chi connectivity index (χ1v) is 12.4. The Morgan fingerprint density at radius 2 is 2.00 bits per heavy atom. The molecule has 5 rings (SSSR count). The normalized spacial score (nSPS) is 15.9. The second kappa shape index (κ2) is 9.42. The van der Waals surface area contributed by atoms with E-state index in [2.05, 4.69) is 49.0 Å². The average Bonchev–Trinajstić information content (AvgIpc) is 3.59. The Morgan fingerprint density at radius 3 is 2.72 bits per heavy atom. The van der Waals surface area contributed by atoms with Gasteiger partial charge >= 0.3 is 0 Å². The third-order valence-corrected chi connectivity index (χ3v) is 7.00. The lowest BCUT2D eigenvalue weighted by molar-refractivity contribution is 0.266. The Morgan fingerprint density at radius 1 is 1.19 bits per heavy atom. The summed E-state index contributed by atoms with van der Waals surface area (Å²) in [5.41, 5.74) is 4.89. The van der Waals surface area contributed by atoms with Crippen LogP contribution < -0.4 is 15.0 Å². The zero-order chi connectivity index (χ0) is 25.6. The van der Waals surface area contributed by atoms with Crippen LogP contribution in [0.4, 0.5) is 17.6 Å². The van der Waals surface area contributed by atoms with E-state index in [0.29, 0.717) is 11.8 Å². The Hall–Kier alpha value is -3.66. The Balaban J connectivity index is 1.55. The van der Waals surface area contributed by atoms with Crippen molar-refractivity contribution in [1.29, 1.82) is 0 Å². The first-order valence-electron chi connectivity index (χ1n) is 12.4. The predicted molar refractivity (Wildman–Crippen MR) is 141 cm³/mol. The predicted octanol–water partition coefficient (Wildman–Crippen LogP) is 4.23. The third kappa shape index (κ3) is 4.15. The number of aliphatic hydroxyl groups excluding tert-OH is 1. The number of hydrogen-bond donors (Lipinski definition) is 2. The minimum atomic E-state index is 0.0386. The number of aryl methyl sites for hydroxylation is 2. The molecule has 1 aliphatic rings. The first kappa shape index (κ1) is 24.1. The lowest BCUT2D eigenvalue weighted by atomic mass is 10.1. The largest absolute Gasteiger partial charge is 0.496 e. The standard InChI is InChI=1S/C26H34N8O2/c1-15(2)34-25-23(18(5)31-34)24(33-9-7-8-19(33)13-35)29-26(30-25)28-22-12-32(14-27-22)20-10-16(3)17(4)21(11-20)36-6/h10-12,14-15,19,35H,7-9,13H2,1-6H3,(H,28,29,30)/t19-/m0/s1. The van der Waals surface area contributed by atoms with Gasteiger partial charge in [0.05, 0.1) is 42.7 Å². The summed E-state index contributed by atoms with van der Waals surface area (Å²) >= 11 is 0. The zero-order valence-corrected chi connectivity index (χ0v) is 21.8. The molecule has 10 nitrogen and oxygen atoms in total. The van der Waals surface area contributed by atoms with Crippen LogP contribution in [0.25, 0.3) is 16.7 Å². The lowest BCUT2D eigenvalue weighted by Gasteiger charge is -2.25. The SMILES string of the molecule is COc1cc(-n2cnc(Nc3nc(N4CCC[C@H]4CO)c4c(C)nn(C(C)C)c4n3)c2)cc(C)c1C. The number of aromatic nitrogens is 6. The molecule has 36 heavy (non-hydrogen) atoms. The quantitative estimate of drug-likeness (QED) is 0.396. The molecule has 0 saturated carbocycles. The minimum Gasteiger partial charge on any atom is -0.496 e. The van der Waals surface area contributed by atoms with Gasteiger partial charge in [0.15, 0.2) is 11.5 Å². The van der Waals surface area contributed by atoms with Crippen molar-refractivity contribution in [3.05, 3.63) is 41.5 Å². The van der Waals surface area contributed by atoms with Crippen LogP contribution in [0.15, 0.2) is 24.7 Å². The zero-order valence-electron chi connectivity index (χ0n) is 21.8. The van der Waals surface area contributed by atoms with Crippen molar-refractivity contribution >= 4 is 28.6 Å². The lowest BCUT2D eigenvalue weighted by Crippen LogP contribution is -2.33. The van der Waals surface area contributed by atoms with Gasteiger partial charge in [-0.1, -0.05) is 0 Å². The van der Waals surface area contributed by atoms with Gasteiger partial charge in [0.2, 0.25) is 5.95 Å².